The number of cyclic esters (lactones) is 1. The van der Waals surface area contributed by atoms with Gasteiger partial charge >= 0.3 is 5.97 Å². The second-order valence-corrected chi connectivity index (χ2v) is 5.12. The molecule has 0 N–H and O–H groups in total. The van der Waals surface area contributed by atoms with Gasteiger partial charge in [-0.1, -0.05) is 12.1 Å². The monoisotopic (exact) mass is 331 g/mol. The van der Waals surface area contributed by atoms with Crippen LogP contribution in [0, 0.1) is 6.92 Å². The van der Waals surface area contributed by atoms with E-state index in [4.69, 9.17) is 9.15 Å². The molecule has 0 spiro atoms. The van der Waals surface area contributed by atoms with Gasteiger partial charge in [-0.15, -0.1) is 0 Å². The maximum atomic E-state index is 11.8. The molecule has 0 saturated heterocycles. The summed E-state index contributed by atoms with van der Waals surface area (Å²) in [4.78, 5) is 16.0. The number of aliphatic imine (C=N–C) groups is 1. The van der Waals surface area contributed by atoms with Gasteiger partial charge in [-0.2, -0.15) is 0 Å². The third-order valence-electron chi connectivity index (χ3n) is 2.76. The van der Waals surface area contributed by atoms with E-state index in [0.717, 1.165) is 15.8 Å². The number of carbonyl (C=O) groups excluding carboxylic acids is 1. The Kier molecular flexibility index (Phi) is 3.28. The van der Waals surface area contributed by atoms with Crippen LogP contribution >= 0.6 is 15.9 Å². The predicted octanol–water partition coefficient (Wildman–Crippen LogP) is 3.70. The van der Waals surface area contributed by atoms with Gasteiger partial charge in [-0.05, 0) is 47.1 Å². The van der Waals surface area contributed by atoms with Crippen molar-refractivity contribution in [2.45, 2.75) is 6.92 Å². The smallest absolute Gasteiger partial charge is 0.363 e. The van der Waals surface area contributed by atoms with Gasteiger partial charge in [0, 0.05) is 10.5 Å². The van der Waals surface area contributed by atoms with Crippen LogP contribution in [-0.2, 0) is 9.53 Å². The van der Waals surface area contributed by atoms with Crippen LogP contribution < -0.4 is 0 Å². The number of esters is 1. The van der Waals surface area contributed by atoms with Gasteiger partial charge < -0.3 is 9.15 Å². The number of furan rings is 1. The molecular formula is C15H10BrNO3. The van der Waals surface area contributed by atoms with Crippen LogP contribution in [0.2, 0.25) is 0 Å². The summed E-state index contributed by atoms with van der Waals surface area (Å²) in [6.45, 7) is 1.84. The van der Waals surface area contributed by atoms with E-state index in [-0.39, 0.29) is 11.6 Å². The van der Waals surface area contributed by atoms with Gasteiger partial charge in [0.15, 0.2) is 5.70 Å². The molecule has 1 aliphatic rings. The quantitative estimate of drug-likeness (QED) is 0.622. The fraction of sp³-hybridized carbons (Fsp3) is 0.0667. The highest BCUT2D eigenvalue weighted by atomic mass is 79.9. The first-order valence-electron chi connectivity index (χ1n) is 5.97. The zero-order valence-corrected chi connectivity index (χ0v) is 12.2. The first-order valence-corrected chi connectivity index (χ1v) is 6.77. The van der Waals surface area contributed by atoms with Crippen molar-refractivity contribution in [3.05, 3.63) is 63.7 Å². The van der Waals surface area contributed by atoms with Crippen molar-refractivity contribution >= 4 is 33.9 Å². The highest BCUT2D eigenvalue weighted by molar-refractivity contribution is 9.10. The fourth-order valence-electron chi connectivity index (χ4n) is 1.82. The maximum absolute atomic E-state index is 11.8. The molecule has 0 radical (unpaired) electrons. The Hall–Kier alpha value is -2.14. The number of aryl methyl sites for hydroxylation is 1. The lowest BCUT2D eigenvalue weighted by Crippen LogP contribution is -2.05. The summed E-state index contributed by atoms with van der Waals surface area (Å²) in [7, 11) is 0. The molecule has 2 heterocycles. The van der Waals surface area contributed by atoms with Gasteiger partial charge in [0.05, 0.1) is 5.56 Å². The van der Waals surface area contributed by atoms with Crippen LogP contribution in [0.1, 0.15) is 17.1 Å². The minimum Gasteiger partial charge on any atom is -0.462 e. The third kappa shape index (κ3) is 2.44. The highest BCUT2D eigenvalue weighted by Gasteiger charge is 2.25. The molecule has 1 aliphatic heterocycles. The van der Waals surface area contributed by atoms with Gasteiger partial charge in [0.1, 0.15) is 11.5 Å². The van der Waals surface area contributed by atoms with E-state index in [9.17, 15) is 4.79 Å². The molecule has 0 bridgehead atoms. The van der Waals surface area contributed by atoms with Crippen LogP contribution in [-0.4, -0.2) is 11.9 Å². The molecule has 0 unspecified atom stereocenters. The Balaban J connectivity index is 1.97. The number of halogens is 1. The molecule has 3 rings (SSSR count). The summed E-state index contributed by atoms with van der Waals surface area (Å²) < 4.78 is 11.4. The summed E-state index contributed by atoms with van der Waals surface area (Å²) in [5, 5.41) is 0. The van der Waals surface area contributed by atoms with Crippen molar-refractivity contribution in [1.29, 1.82) is 0 Å². The molecule has 1 aromatic heterocycles. The number of benzene rings is 1. The van der Waals surface area contributed by atoms with E-state index >= 15 is 0 Å². The van der Waals surface area contributed by atoms with Crippen molar-refractivity contribution in [1.82, 2.24) is 0 Å². The van der Waals surface area contributed by atoms with Crippen molar-refractivity contribution in [2.24, 2.45) is 4.99 Å². The lowest BCUT2D eigenvalue weighted by atomic mass is 10.2. The van der Waals surface area contributed by atoms with Crippen LogP contribution in [0.4, 0.5) is 0 Å². The lowest BCUT2D eigenvalue weighted by molar-refractivity contribution is -0.129. The SMILES string of the molecule is Cc1ccc(/C=C2\N=C(c3ccccc3Br)OC2=O)o1. The minimum absolute atomic E-state index is 0.227. The molecule has 4 nitrogen and oxygen atoms in total. The van der Waals surface area contributed by atoms with Crippen LogP contribution in [0.25, 0.3) is 6.08 Å². The first kappa shape index (κ1) is 12.9. The molecule has 0 aliphatic carbocycles. The number of carbonyl (C=O) groups is 1. The predicted molar refractivity (Wildman–Crippen MR) is 78.2 cm³/mol. The fourth-order valence-corrected chi connectivity index (χ4v) is 2.28. The first-order chi connectivity index (χ1) is 9.63. The van der Waals surface area contributed by atoms with E-state index in [1.54, 1.807) is 12.1 Å². The van der Waals surface area contributed by atoms with Crippen LogP contribution in [0.5, 0.6) is 0 Å². The normalized spacial score (nSPS) is 16.4. The summed E-state index contributed by atoms with van der Waals surface area (Å²) in [5.41, 5.74) is 0.963. The van der Waals surface area contributed by atoms with Gasteiger partial charge in [0.25, 0.3) is 0 Å². The molecule has 0 amide bonds. The summed E-state index contributed by atoms with van der Waals surface area (Å²) >= 11 is 3.41. The van der Waals surface area contributed by atoms with E-state index in [2.05, 4.69) is 20.9 Å². The Morgan fingerprint density at radius 1 is 1.20 bits per heavy atom. The standard InChI is InChI=1S/C15H10BrNO3/c1-9-6-7-10(19-9)8-13-15(18)20-14(17-13)11-4-2-3-5-12(11)16/h2-8H,1H3/b13-8-. The summed E-state index contributed by atoms with van der Waals surface area (Å²) in [6.07, 6.45) is 1.57. The summed E-state index contributed by atoms with van der Waals surface area (Å²) in [5.74, 6) is 1.16. The van der Waals surface area contributed by atoms with Crippen molar-refractivity contribution in [2.75, 3.05) is 0 Å². The molecule has 100 valence electrons. The topological polar surface area (TPSA) is 51.8 Å². The second kappa shape index (κ2) is 5.09. The van der Waals surface area contributed by atoms with Crippen molar-refractivity contribution in [3.8, 4) is 0 Å². The average molecular weight is 332 g/mol. The minimum atomic E-state index is -0.482. The van der Waals surface area contributed by atoms with Gasteiger partial charge in [-0.25, -0.2) is 9.79 Å². The molecule has 0 saturated carbocycles. The number of hydrogen-bond donors (Lipinski definition) is 0. The Morgan fingerprint density at radius 3 is 2.70 bits per heavy atom. The Morgan fingerprint density at radius 2 is 2.00 bits per heavy atom. The van der Waals surface area contributed by atoms with E-state index < -0.39 is 5.97 Å². The van der Waals surface area contributed by atoms with Crippen molar-refractivity contribution < 1.29 is 13.9 Å². The Labute approximate surface area is 123 Å². The largest absolute Gasteiger partial charge is 0.462 e. The average Bonchev–Trinajstić information content (AvgIpc) is 2.98. The van der Waals surface area contributed by atoms with E-state index in [0.29, 0.717) is 5.76 Å². The third-order valence-corrected chi connectivity index (χ3v) is 3.46. The Bertz CT molecular complexity index is 743. The summed E-state index contributed by atoms with van der Waals surface area (Å²) in [6, 6.07) is 11.0. The number of rotatable bonds is 2. The molecule has 5 heteroatoms. The van der Waals surface area contributed by atoms with E-state index in [1.807, 2.05) is 37.3 Å². The zero-order chi connectivity index (χ0) is 14.1. The lowest BCUT2D eigenvalue weighted by Gasteiger charge is -2.01. The number of ether oxygens (including phenoxy) is 1. The molecule has 1 aromatic carbocycles. The van der Waals surface area contributed by atoms with Crippen molar-refractivity contribution in [3.63, 3.8) is 0 Å². The number of hydrogen-bond acceptors (Lipinski definition) is 4. The maximum Gasteiger partial charge on any atom is 0.363 e. The molecular weight excluding hydrogens is 322 g/mol. The molecule has 2 aromatic rings. The van der Waals surface area contributed by atoms with Crippen LogP contribution in [0.15, 0.2) is 56.0 Å². The van der Waals surface area contributed by atoms with E-state index in [1.165, 1.54) is 0 Å². The second-order valence-electron chi connectivity index (χ2n) is 4.26. The molecule has 0 fully saturated rings. The van der Waals surface area contributed by atoms with Gasteiger partial charge in [0.2, 0.25) is 5.90 Å². The molecule has 20 heavy (non-hydrogen) atoms. The highest BCUT2D eigenvalue weighted by Crippen LogP contribution is 2.24. The van der Waals surface area contributed by atoms with Crippen LogP contribution in [0.3, 0.4) is 0 Å². The molecule has 0 atom stereocenters. The van der Waals surface area contributed by atoms with Gasteiger partial charge in [-0.3, -0.25) is 0 Å². The number of nitrogens with zero attached hydrogens (tertiary/aromatic N) is 1. The zero-order valence-electron chi connectivity index (χ0n) is 10.6.